The van der Waals surface area contributed by atoms with E-state index in [1.165, 1.54) is 7.11 Å². The lowest BCUT2D eigenvalue weighted by Gasteiger charge is -2.47. The van der Waals surface area contributed by atoms with Crippen LogP contribution in [0.2, 0.25) is 0 Å². The molecule has 0 saturated carbocycles. The van der Waals surface area contributed by atoms with Gasteiger partial charge in [0.2, 0.25) is 0 Å². The Balaban J connectivity index is 2.85. The van der Waals surface area contributed by atoms with Gasteiger partial charge in [0.05, 0.1) is 12.1 Å². The summed E-state index contributed by atoms with van der Waals surface area (Å²) >= 11 is 0. The van der Waals surface area contributed by atoms with Gasteiger partial charge in [-0.3, -0.25) is 0 Å². The van der Waals surface area contributed by atoms with Crippen LogP contribution in [0.3, 0.4) is 0 Å². The molecule has 1 rings (SSSR count). The molecule has 1 saturated heterocycles. The zero-order valence-electron chi connectivity index (χ0n) is 9.02. The molecule has 1 aliphatic heterocycles. The first-order chi connectivity index (χ1) is 6.45. The first-order valence-corrected chi connectivity index (χ1v) is 4.71. The van der Waals surface area contributed by atoms with Crippen molar-refractivity contribution in [1.29, 1.82) is 0 Å². The van der Waals surface area contributed by atoms with Crippen molar-refractivity contribution in [2.24, 2.45) is 0 Å². The third kappa shape index (κ3) is 1.78. The molecule has 0 radical (unpaired) electrons. The van der Waals surface area contributed by atoms with E-state index in [9.17, 15) is 10.2 Å². The maximum absolute atomic E-state index is 10.1. The lowest BCUT2D eigenvalue weighted by molar-refractivity contribution is -0.290. The molecule has 0 amide bonds. The molecule has 0 unspecified atom stereocenters. The van der Waals surface area contributed by atoms with Gasteiger partial charge in [0.1, 0.15) is 11.7 Å². The van der Waals surface area contributed by atoms with Gasteiger partial charge in [0, 0.05) is 7.11 Å². The minimum absolute atomic E-state index is 0.219. The van der Waals surface area contributed by atoms with E-state index >= 15 is 0 Å². The molecule has 1 heterocycles. The Bertz CT molecular complexity index is 197. The Kier molecular flexibility index (Phi) is 3.49. The summed E-state index contributed by atoms with van der Waals surface area (Å²) in [5.74, 6) is 0. The molecule has 0 bridgehead atoms. The molecule has 84 valence electrons. The number of aliphatic hydroxyl groups is 2. The number of aliphatic hydroxyl groups excluding tert-OH is 1. The maximum Gasteiger partial charge on any atom is 0.186 e. The second-order valence-electron chi connectivity index (χ2n) is 3.88. The average molecular weight is 205 g/mol. The van der Waals surface area contributed by atoms with Crippen molar-refractivity contribution in [3.05, 3.63) is 0 Å². The normalized spacial score (nSPS) is 49.3. The van der Waals surface area contributed by atoms with E-state index in [2.05, 4.69) is 5.32 Å². The van der Waals surface area contributed by atoms with Crippen LogP contribution in [0.15, 0.2) is 0 Å². The van der Waals surface area contributed by atoms with Crippen LogP contribution in [-0.4, -0.2) is 54.5 Å². The summed E-state index contributed by atoms with van der Waals surface area (Å²) in [5.41, 5.74) is -1.26. The summed E-state index contributed by atoms with van der Waals surface area (Å²) in [6, 6.07) is -0.316. The van der Waals surface area contributed by atoms with Crippen molar-refractivity contribution in [3.8, 4) is 0 Å². The predicted octanol–water partition coefficient (Wildman–Crippen LogP) is -0.922. The third-order valence-corrected chi connectivity index (χ3v) is 2.85. The van der Waals surface area contributed by atoms with Crippen molar-refractivity contribution in [1.82, 2.24) is 5.32 Å². The van der Waals surface area contributed by atoms with Gasteiger partial charge >= 0.3 is 0 Å². The van der Waals surface area contributed by atoms with Gasteiger partial charge in [0.25, 0.3) is 0 Å². The lowest BCUT2D eigenvalue weighted by Crippen LogP contribution is -2.68. The fourth-order valence-electron chi connectivity index (χ4n) is 2.01. The second-order valence-corrected chi connectivity index (χ2v) is 3.88. The van der Waals surface area contributed by atoms with Gasteiger partial charge in [-0.2, -0.15) is 0 Å². The summed E-state index contributed by atoms with van der Waals surface area (Å²) in [4.78, 5) is 0. The molecule has 0 aromatic carbocycles. The van der Waals surface area contributed by atoms with E-state index < -0.39 is 18.0 Å². The number of methoxy groups -OCH3 is 1. The van der Waals surface area contributed by atoms with Gasteiger partial charge in [0.15, 0.2) is 6.29 Å². The minimum Gasteiger partial charge on any atom is -0.386 e. The number of hydrogen-bond donors (Lipinski definition) is 3. The number of hydrogen-bond acceptors (Lipinski definition) is 5. The van der Waals surface area contributed by atoms with E-state index in [1.54, 1.807) is 14.0 Å². The van der Waals surface area contributed by atoms with Crippen molar-refractivity contribution < 1.29 is 19.7 Å². The summed E-state index contributed by atoms with van der Waals surface area (Å²) in [6.07, 6.45) is -2.05. The van der Waals surface area contributed by atoms with Crippen molar-refractivity contribution >= 4 is 0 Å². The number of nitrogens with one attached hydrogen (secondary N) is 1. The van der Waals surface area contributed by atoms with Crippen LogP contribution >= 0.6 is 0 Å². The highest BCUT2D eigenvalue weighted by Gasteiger charge is 2.50. The van der Waals surface area contributed by atoms with Gasteiger partial charge in [-0.15, -0.1) is 0 Å². The molecule has 1 fully saturated rings. The summed E-state index contributed by atoms with van der Waals surface area (Å²) in [7, 11) is 3.16. The lowest BCUT2D eigenvalue weighted by atomic mass is 9.84. The van der Waals surface area contributed by atoms with Crippen LogP contribution in [0.4, 0.5) is 0 Å². The quantitative estimate of drug-likeness (QED) is 0.544. The Morgan fingerprint density at radius 1 is 1.50 bits per heavy atom. The maximum atomic E-state index is 10.1. The number of likely N-dealkylation sites (N-methyl/N-ethyl adjacent to an activating group) is 1. The van der Waals surface area contributed by atoms with E-state index in [-0.39, 0.29) is 12.1 Å². The topological polar surface area (TPSA) is 71.0 Å². The molecule has 0 spiro atoms. The smallest absolute Gasteiger partial charge is 0.186 e. The third-order valence-electron chi connectivity index (χ3n) is 2.85. The molecule has 0 aromatic heterocycles. The van der Waals surface area contributed by atoms with E-state index in [0.29, 0.717) is 0 Å². The van der Waals surface area contributed by atoms with Crippen LogP contribution in [0.5, 0.6) is 0 Å². The minimum atomic E-state index is -1.26. The Morgan fingerprint density at radius 3 is 2.50 bits per heavy atom. The van der Waals surface area contributed by atoms with E-state index in [4.69, 9.17) is 9.47 Å². The second kappa shape index (κ2) is 4.12. The molecule has 0 aromatic rings. The van der Waals surface area contributed by atoms with E-state index in [0.717, 1.165) is 0 Å². The fourth-order valence-corrected chi connectivity index (χ4v) is 2.01. The van der Waals surface area contributed by atoms with Gasteiger partial charge in [-0.1, -0.05) is 0 Å². The van der Waals surface area contributed by atoms with Crippen molar-refractivity contribution in [3.63, 3.8) is 0 Å². The first kappa shape index (κ1) is 11.9. The molecule has 3 N–H and O–H groups in total. The Morgan fingerprint density at radius 2 is 2.07 bits per heavy atom. The summed E-state index contributed by atoms with van der Waals surface area (Å²) in [5, 5.41) is 22.8. The van der Waals surface area contributed by atoms with Crippen LogP contribution < -0.4 is 5.32 Å². The monoisotopic (exact) mass is 205 g/mol. The SMILES string of the molecule is CN[C@@H]1[C@@H](C)O[C@H](OC)[C@@H](O)[C@@]1(C)O. The molecular formula is C9H19NO4. The Hall–Kier alpha value is -0.200. The molecule has 5 nitrogen and oxygen atoms in total. The molecule has 14 heavy (non-hydrogen) atoms. The highest BCUT2D eigenvalue weighted by molar-refractivity contribution is 5.01. The van der Waals surface area contributed by atoms with Gasteiger partial charge < -0.3 is 25.0 Å². The molecule has 5 atom stereocenters. The fraction of sp³-hybridized carbons (Fsp3) is 1.00. The highest BCUT2D eigenvalue weighted by atomic mass is 16.7. The zero-order valence-corrected chi connectivity index (χ0v) is 9.02. The van der Waals surface area contributed by atoms with E-state index in [1.807, 2.05) is 6.92 Å². The molecular weight excluding hydrogens is 186 g/mol. The van der Waals surface area contributed by atoms with Crippen molar-refractivity contribution in [2.75, 3.05) is 14.2 Å². The average Bonchev–Trinajstić information content (AvgIpc) is 2.12. The van der Waals surface area contributed by atoms with Crippen LogP contribution in [0.25, 0.3) is 0 Å². The van der Waals surface area contributed by atoms with Gasteiger partial charge in [-0.25, -0.2) is 0 Å². The molecule has 0 aliphatic carbocycles. The first-order valence-electron chi connectivity index (χ1n) is 4.71. The van der Waals surface area contributed by atoms with Crippen LogP contribution in [-0.2, 0) is 9.47 Å². The number of rotatable bonds is 2. The highest BCUT2D eigenvalue weighted by Crippen LogP contribution is 2.29. The molecule has 5 heteroatoms. The Labute approximate surface area is 84.0 Å². The summed E-state index contributed by atoms with van der Waals surface area (Å²) in [6.45, 7) is 3.40. The standard InChI is InChI=1S/C9H19NO4/c1-5-6(10-3)9(2,12)7(11)8(13-4)14-5/h5-8,10-12H,1-4H3/t5-,6-,7-,8+,9+/m1/s1. The van der Waals surface area contributed by atoms with Crippen molar-refractivity contribution in [2.45, 2.75) is 44.0 Å². The zero-order chi connectivity index (χ0) is 10.9. The summed E-state index contributed by atoms with van der Waals surface area (Å²) < 4.78 is 10.3. The predicted molar refractivity (Wildman–Crippen MR) is 50.8 cm³/mol. The van der Waals surface area contributed by atoms with Crippen LogP contribution in [0.1, 0.15) is 13.8 Å². The number of ether oxygens (including phenoxy) is 2. The largest absolute Gasteiger partial charge is 0.386 e. The van der Waals surface area contributed by atoms with Crippen LogP contribution in [0, 0.1) is 0 Å². The van der Waals surface area contributed by atoms with Gasteiger partial charge in [-0.05, 0) is 20.9 Å². The molecule has 1 aliphatic rings.